The fraction of sp³-hybridized carbons (Fsp3) is 0.941. The van der Waals surface area contributed by atoms with Gasteiger partial charge in [-0.1, -0.05) is 27.7 Å². The second kappa shape index (κ2) is 11.0. The molecule has 21 heavy (non-hydrogen) atoms. The lowest BCUT2D eigenvalue weighted by atomic mass is 10.0. The third-order valence-electron chi connectivity index (χ3n) is 3.65. The summed E-state index contributed by atoms with van der Waals surface area (Å²) >= 11 is 0. The Morgan fingerprint density at radius 2 is 1.48 bits per heavy atom. The molecular weight excluding hydrogens is 262 g/mol. The van der Waals surface area contributed by atoms with Gasteiger partial charge in [0.2, 0.25) is 5.91 Å². The van der Waals surface area contributed by atoms with Crippen molar-refractivity contribution in [2.24, 2.45) is 17.6 Å². The van der Waals surface area contributed by atoms with Crippen LogP contribution in [0.25, 0.3) is 0 Å². The Balaban J connectivity index is 4.59. The normalized spacial score (nSPS) is 13.5. The zero-order valence-electron chi connectivity index (χ0n) is 15.0. The minimum absolute atomic E-state index is 0.111. The van der Waals surface area contributed by atoms with Crippen LogP contribution in [0.3, 0.4) is 0 Å². The Bertz CT molecular complexity index is 265. The smallest absolute Gasteiger partial charge is 0.221 e. The molecule has 4 heteroatoms. The molecule has 0 aromatic carbocycles. The maximum atomic E-state index is 12.0. The molecule has 0 aromatic rings. The van der Waals surface area contributed by atoms with Crippen molar-refractivity contribution in [3.63, 3.8) is 0 Å². The highest BCUT2D eigenvalue weighted by molar-refractivity contribution is 5.76. The van der Waals surface area contributed by atoms with Gasteiger partial charge in [0.1, 0.15) is 0 Å². The van der Waals surface area contributed by atoms with Gasteiger partial charge in [-0.2, -0.15) is 0 Å². The summed E-state index contributed by atoms with van der Waals surface area (Å²) in [6, 6.07) is 0.344. The molecule has 0 fully saturated rings. The van der Waals surface area contributed by atoms with E-state index < -0.39 is 0 Å². The molecule has 1 atom stereocenters. The van der Waals surface area contributed by atoms with E-state index >= 15 is 0 Å². The van der Waals surface area contributed by atoms with Crippen LogP contribution >= 0.6 is 0 Å². The molecule has 0 aliphatic heterocycles. The van der Waals surface area contributed by atoms with Gasteiger partial charge in [-0.25, -0.2) is 0 Å². The third kappa shape index (κ3) is 10.7. The minimum Gasteiger partial charge on any atom is -0.354 e. The highest BCUT2D eigenvalue weighted by Gasteiger charge is 2.21. The van der Waals surface area contributed by atoms with Gasteiger partial charge in [-0.05, 0) is 51.6 Å². The lowest BCUT2D eigenvalue weighted by Crippen LogP contribution is -2.46. The summed E-state index contributed by atoms with van der Waals surface area (Å²) in [4.78, 5) is 14.4. The van der Waals surface area contributed by atoms with Gasteiger partial charge in [0, 0.05) is 25.0 Å². The van der Waals surface area contributed by atoms with Crippen molar-refractivity contribution in [1.29, 1.82) is 0 Å². The van der Waals surface area contributed by atoms with E-state index in [9.17, 15) is 4.79 Å². The van der Waals surface area contributed by atoms with E-state index in [0.29, 0.717) is 24.8 Å². The number of amides is 1. The van der Waals surface area contributed by atoms with E-state index in [1.54, 1.807) is 0 Å². The SMILES string of the molecule is CC(C)CCN(CCC(C)C)C(CN)CC(=O)NC(C)C. The van der Waals surface area contributed by atoms with E-state index in [-0.39, 0.29) is 18.0 Å². The first kappa shape index (κ1) is 20.4. The highest BCUT2D eigenvalue weighted by atomic mass is 16.1. The molecule has 0 saturated carbocycles. The topological polar surface area (TPSA) is 58.4 Å². The summed E-state index contributed by atoms with van der Waals surface area (Å²) in [5.74, 6) is 1.46. The van der Waals surface area contributed by atoms with Crippen LogP contribution in [0, 0.1) is 11.8 Å². The number of nitrogens with zero attached hydrogens (tertiary/aromatic N) is 1. The first-order chi connectivity index (χ1) is 9.76. The van der Waals surface area contributed by atoms with Crippen molar-refractivity contribution in [2.45, 2.75) is 72.9 Å². The van der Waals surface area contributed by atoms with Crippen molar-refractivity contribution >= 4 is 5.91 Å². The van der Waals surface area contributed by atoms with Crippen LogP contribution in [-0.2, 0) is 4.79 Å². The second-order valence-electron chi connectivity index (χ2n) is 7.22. The van der Waals surface area contributed by atoms with Gasteiger partial charge in [0.25, 0.3) is 0 Å². The summed E-state index contributed by atoms with van der Waals surface area (Å²) in [5.41, 5.74) is 5.94. The van der Waals surface area contributed by atoms with Crippen molar-refractivity contribution in [3.8, 4) is 0 Å². The molecule has 0 heterocycles. The predicted molar refractivity (Wildman–Crippen MR) is 91.2 cm³/mol. The molecule has 126 valence electrons. The molecule has 0 aromatic heterocycles. The summed E-state index contributed by atoms with van der Waals surface area (Å²) in [6.07, 6.45) is 2.81. The monoisotopic (exact) mass is 299 g/mol. The zero-order chi connectivity index (χ0) is 16.4. The number of carbonyl (C=O) groups is 1. The van der Waals surface area contributed by atoms with Gasteiger partial charge in [-0.3, -0.25) is 9.69 Å². The van der Waals surface area contributed by atoms with Crippen LogP contribution in [-0.4, -0.2) is 42.5 Å². The van der Waals surface area contributed by atoms with E-state index in [1.165, 1.54) is 0 Å². The molecule has 0 aliphatic rings. The summed E-state index contributed by atoms with van der Waals surface area (Å²) in [7, 11) is 0. The number of hydrogen-bond donors (Lipinski definition) is 2. The van der Waals surface area contributed by atoms with Crippen molar-refractivity contribution in [1.82, 2.24) is 10.2 Å². The van der Waals surface area contributed by atoms with Crippen LogP contribution in [0.4, 0.5) is 0 Å². The largest absolute Gasteiger partial charge is 0.354 e. The number of rotatable bonds is 11. The number of carbonyl (C=O) groups excluding carboxylic acids is 1. The molecule has 1 unspecified atom stereocenters. The Morgan fingerprint density at radius 1 is 1.00 bits per heavy atom. The average Bonchev–Trinajstić information content (AvgIpc) is 2.35. The van der Waals surface area contributed by atoms with Gasteiger partial charge in [0.15, 0.2) is 0 Å². The first-order valence-electron chi connectivity index (χ1n) is 8.49. The van der Waals surface area contributed by atoms with Crippen LogP contribution in [0.5, 0.6) is 0 Å². The van der Waals surface area contributed by atoms with E-state index in [0.717, 1.165) is 25.9 Å². The Labute approximate surface area is 131 Å². The quantitative estimate of drug-likeness (QED) is 0.616. The molecule has 0 bridgehead atoms. The predicted octanol–water partition coefficient (Wildman–Crippen LogP) is 2.62. The van der Waals surface area contributed by atoms with Gasteiger partial charge in [-0.15, -0.1) is 0 Å². The Kier molecular flexibility index (Phi) is 10.7. The summed E-state index contributed by atoms with van der Waals surface area (Å²) in [5, 5.41) is 2.97. The molecule has 0 rings (SSSR count). The van der Waals surface area contributed by atoms with E-state index in [4.69, 9.17) is 5.73 Å². The average molecular weight is 300 g/mol. The van der Waals surface area contributed by atoms with Gasteiger partial charge in [0.05, 0.1) is 0 Å². The molecule has 0 aliphatic carbocycles. The van der Waals surface area contributed by atoms with Crippen molar-refractivity contribution in [2.75, 3.05) is 19.6 Å². The first-order valence-corrected chi connectivity index (χ1v) is 8.49. The highest BCUT2D eigenvalue weighted by Crippen LogP contribution is 2.12. The molecular formula is C17H37N3O. The lowest BCUT2D eigenvalue weighted by Gasteiger charge is -2.32. The molecule has 3 N–H and O–H groups in total. The van der Waals surface area contributed by atoms with Crippen LogP contribution in [0.15, 0.2) is 0 Å². The van der Waals surface area contributed by atoms with Crippen LogP contribution < -0.4 is 11.1 Å². The number of nitrogens with two attached hydrogens (primary N) is 1. The molecule has 4 nitrogen and oxygen atoms in total. The third-order valence-corrected chi connectivity index (χ3v) is 3.65. The Hall–Kier alpha value is -0.610. The standard InChI is InChI=1S/C17H37N3O/c1-13(2)7-9-20(10-8-14(3)4)16(12-18)11-17(21)19-15(5)6/h13-16H,7-12,18H2,1-6H3,(H,19,21). The van der Waals surface area contributed by atoms with Crippen molar-refractivity contribution < 1.29 is 4.79 Å². The van der Waals surface area contributed by atoms with Crippen LogP contribution in [0.1, 0.15) is 60.8 Å². The fourth-order valence-electron chi connectivity index (χ4n) is 2.28. The molecule has 1 amide bonds. The lowest BCUT2D eigenvalue weighted by molar-refractivity contribution is -0.122. The maximum absolute atomic E-state index is 12.0. The summed E-state index contributed by atoms with van der Waals surface area (Å²) in [6.45, 7) is 15.5. The molecule has 0 saturated heterocycles. The van der Waals surface area contributed by atoms with E-state index in [1.807, 2.05) is 13.8 Å². The number of nitrogens with one attached hydrogen (secondary N) is 1. The minimum atomic E-state index is 0.111. The van der Waals surface area contributed by atoms with Gasteiger partial charge >= 0.3 is 0 Å². The number of hydrogen-bond acceptors (Lipinski definition) is 3. The molecule has 0 spiro atoms. The maximum Gasteiger partial charge on any atom is 0.221 e. The van der Waals surface area contributed by atoms with Crippen molar-refractivity contribution in [3.05, 3.63) is 0 Å². The second-order valence-corrected chi connectivity index (χ2v) is 7.22. The summed E-state index contributed by atoms with van der Waals surface area (Å²) < 4.78 is 0. The Morgan fingerprint density at radius 3 is 1.81 bits per heavy atom. The van der Waals surface area contributed by atoms with E-state index in [2.05, 4.69) is 37.9 Å². The van der Waals surface area contributed by atoms with Crippen LogP contribution in [0.2, 0.25) is 0 Å². The fourth-order valence-corrected chi connectivity index (χ4v) is 2.28. The zero-order valence-corrected chi connectivity index (χ0v) is 15.0. The van der Waals surface area contributed by atoms with Gasteiger partial charge < -0.3 is 11.1 Å². The molecule has 0 radical (unpaired) electrons.